The van der Waals surface area contributed by atoms with Crippen LogP contribution in [0.3, 0.4) is 0 Å². The van der Waals surface area contributed by atoms with E-state index in [1.807, 2.05) is 128 Å². The number of aliphatic hydroxyl groups is 1. The average Bonchev–Trinajstić information content (AvgIpc) is 3.01. The van der Waals surface area contributed by atoms with Gasteiger partial charge in [0.2, 0.25) is 5.79 Å². The number of hydrogen-bond acceptors (Lipinski definition) is 6. The van der Waals surface area contributed by atoms with Crippen LogP contribution in [0.4, 0.5) is 0 Å². The van der Waals surface area contributed by atoms with Crippen LogP contribution in [-0.2, 0) is 50.1 Å². The van der Waals surface area contributed by atoms with Crippen LogP contribution in [0.1, 0.15) is 29.2 Å². The van der Waals surface area contributed by atoms with Gasteiger partial charge in [0.1, 0.15) is 24.9 Å². The fourth-order valence-corrected chi connectivity index (χ4v) is 5.09. The third-order valence-corrected chi connectivity index (χ3v) is 7.18. The second kappa shape index (κ2) is 14.5. The van der Waals surface area contributed by atoms with Crippen LogP contribution in [0.25, 0.3) is 0 Å². The number of hydrogen-bond donors (Lipinski definition) is 1. The van der Waals surface area contributed by atoms with E-state index in [4.69, 9.17) is 23.7 Å². The second-order valence-corrected chi connectivity index (χ2v) is 10.4. The SMILES string of the molecule is C[C@H]1O[C@](O)(COCc2ccccc2)[C@@H](OCc2ccccc2)[C@H](OCc2ccccc2)[C@H]1OCc1ccccc1. The minimum Gasteiger partial charge on any atom is -0.371 e. The quantitative estimate of drug-likeness (QED) is 0.217. The van der Waals surface area contributed by atoms with E-state index in [9.17, 15) is 5.11 Å². The van der Waals surface area contributed by atoms with Crippen molar-refractivity contribution in [3.8, 4) is 0 Å². The summed E-state index contributed by atoms with van der Waals surface area (Å²) in [5.74, 6) is -1.77. The molecule has 1 N–H and O–H groups in total. The molecular formula is C35H38O6. The maximum Gasteiger partial charge on any atom is 0.219 e. The van der Waals surface area contributed by atoms with Crippen molar-refractivity contribution in [2.75, 3.05) is 6.61 Å². The summed E-state index contributed by atoms with van der Waals surface area (Å²) >= 11 is 0. The number of rotatable bonds is 13. The molecule has 1 saturated heterocycles. The first kappa shape index (κ1) is 29.1. The molecule has 0 aliphatic carbocycles. The molecule has 4 aromatic carbocycles. The van der Waals surface area contributed by atoms with Gasteiger partial charge in [-0.25, -0.2) is 0 Å². The molecule has 0 unspecified atom stereocenters. The van der Waals surface area contributed by atoms with Gasteiger partial charge in [-0.2, -0.15) is 0 Å². The molecule has 41 heavy (non-hydrogen) atoms. The summed E-state index contributed by atoms with van der Waals surface area (Å²) < 4.78 is 31.8. The highest BCUT2D eigenvalue weighted by atomic mass is 16.7. The Morgan fingerprint density at radius 1 is 0.561 bits per heavy atom. The Morgan fingerprint density at radius 2 is 0.951 bits per heavy atom. The normalized spacial score (nSPS) is 24.2. The Hall–Kier alpha value is -3.36. The molecule has 5 rings (SSSR count). The summed E-state index contributed by atoms with van der Waals surface area (Å²) in [4.78, 5) is 0. The third-order valence-electron chi connectivity index (χ3n) is 7.18. The molecule has 0 radical (unpaired) electrons. The lowest BCUT2D eigenvalue weighted by atomic mass is 9.92. The zero-order valence-corrected chi connectivity index (χ0v) is 23.4. The van der Waals surface area contributed by atoms with E-state index in [1.165, 1.54) is 0 Å². The first-order valence-electron chi connectivity index (χ1n) is 14.1. The Labute approximate surface area is 242 Å². The zero-order chi connectivity index (χ0) is 28.3. The van der Waals surface area contributed by atoms with Gasteiger partial charge < -0.3 is 28.8 Å². The van der Waals surface area contributed by atoms with Gasteiger partial charge in [-0.3, -0.25) is 0 Å². The highest BCUT2D eigenvalue weighted by Gasteiger charge is 2.55. The van der Waals surface area contributed by atoms with Gasteiger partial charge in [0.05, 0.1) is 32.5 Å². The Bertz CT molecular complexity index is 1290. The Morgan fingerprint density at radius 3 is 1.41 bits per heavy atom. The first-order chi connectivity index (χ1) is 20.1. The van der Waals surface area contributed by atoms with E-state index in [2.05, 4.69) is 0 Å². The number of benzene rings is 4. The average molecular weight is 555 g/mol. The van der Waals surface area contributed by atoms with Crippen molar-refractivity contribution < 1.29 is 28.8 Å². The summed E-state index contributed by atoms with van der Waals surface area (Å²) in [6, 6.07) is 39.6. The summed E-state index contributed by atoms with van der Waals surface area (Å²) in [6.07, 6.45) is -2.54. The van der Waals surface area contributed by atoms with Crippen LogP contribution in [0.5, 0.6) is 0 Å². The van der Waals surface area contributed by atoms with Crippen LogP contribution in [0.2, 0.25) is 0 Å². The molecule has 0 saturated carbocycles. The van der Waals surface area contributed by atoms with E-state index in [0.717, 1.165) is 22.3 Å². The minimum absolute atomic E-state index is 0.0949. The molecule has 0 spiro atoms. The van der Waals surface area contributed by atoms with Crippen molar-refractivity contribution >= 4 is 0 Å². The van der Waals surface area contributed by atoms with Crippen LogP contribution >= 0.6 is 0 Å². The maximum absolute atomic E-state index is 12.0. The third kappa shape index (κ3) is 8.11. The molecule has 0 aromatic heterocycles. The molecule has 1 heterocycles. The first-order valence-corrected chi connectivity index (χ1v) is 14.1. The Kier molecular flexibility index (Phi) is 10.3. The van der Waals surface area contributed by atoms with Crippen LogP contribution < -0.4 is 0 Å². The van der Waals surface area contributed by atoms with Crippen LogP contribution in [0, 0.1) is 0 Å². The molecule has 6 heteroatoms. The lowest BCUT2D eigenvalue weighted by Crippen LogP contribution is -2.67. The molecule has 0 amide bonds. The van der Waals surface area contributed by atoms with Gasteiger partial charge in [-0.1, -0.05) is 121 Å². The standard InChI is InChI=1S/C35H38O6/c1-27-32(38-23-29-16-8-3-9-17-29)33(39-24-30-18-10-4-11-19-30)34(40-25-31-20-12-5-13-21-31)35(36,41-27)26-37-22-28-14-6-2-7-15-28/h2-21,27,32-34,36H,22-26H2,1H3/t27-,32+,33-,34+,35-/m1/s1. The van der Waals surface area contributed by atoms with E-state index in [1.54, 1.807) is 0 Å². The minimum atomic E-state index is -1.77. The summed E-state index contributed by atoms with van der Waals surface area (Å²) in [6.45, 7) is 3.09. The fourth-order valence-electron chi connectivity index (χ4n) is 5.09. The van der Waals surface area contributed by atoms with Gasteiger partial charge in [-0.15, -0.1) is 0 Å². The van der Waals surface area contributed by atoms with Crippen molar-refractivity contribution in [2.45, 2.75) is 63.6 Å². The lowest BCUT2D eigenvalue weighted by Gasteiger charge is -2.49. The number of ether oxygens (including phenoxy) is 5. The van der Waals surface area contributed by atoms with Crippen LogP contribution in [-0.4, -0.2) is 41.9 Å². The van der Waals surface area contributed by atoms with Gasteiger partial charge >= 0.3 is 0 Å². The molecule has 4 aromatic rings. The summed E-state index contributed by atoms with van der Waals surface area (Å²) in [5, 5.41) is 12.0. The molecule has 5 atom stereocenters. The second-order valence-electron chi connectivity index (χ2n) is 10.4. The lowest BCUT2D eigenvalue weighted by molar-refractivity contribution is -0.374. The predicted octanol–water partition coefficient (Wildman–Crippen LogP) is 6.07. The van der Waals surface area contributed by atoms with Gasteiger partial charge in [0.15, 0.2) is 0 Å². The van der Waals surface area contributed by atoms with Crippen molar-refractivity contribution in [1.29, 1.82) is 0 Å². The molecule has 1 aliphatic rings. The zero-order valence-electron chi connectivity index (χ0n) is 23.4. The monoisotopic (exact) mass is 554 g/mol. The van der Waals surface area contributed by atoms with Crippen molar-refractivity contribution in [3.63, 3.8) is 0 Å². The maximum atomic E-state index is 12.0. The van der Waals surface area contributed by atoms with E-state index in [0.29, 0.717) is 19.8 Å². The van der Waals surface area contributed by atoms with Crippen molar-refractivity contribution in [2.24, 2.45) is 0 Å². The van der Waals surface area contributed by atoms with Gasteiger partial charge in [0, 0.05) is 0 Å². The highest BCUT2D eigenvalue weighted by molar-refractivity contribution is 5.16. The summed E-state index contributed by atoms with van der Waals surface area (Å²) in [5.41, 5.74) is 4.03. The van der Waals surface area contributed by atoms with Gasteiger partial charge in [0.25, 0.3) is 0 Å². The Balaban J connectivity index is 1.40. The van der Waals surface area contributed by atoms with Crippen molar-refractivity contribution in [1.82, 2.24) is 0 Å². The van der Waals surface area contributed by atoms with E-state index in [-0.39, 0.29) is 13.2 Å². The summed E-state index contributed by atoms with van der Waals surface area (Å²) in [7, 11) is 0. The van der Waals surface area contributed by atoms with Crippen LogP contribution in [0.15, 0.2) is 121 Å². The molecule has 1 fully saturated rings. The highest BCUT2D eigenvalue weighted by Crippen LogP contribution is 2.36. The molecule has 0 bridgehead atoms. The van der Waals surface area contributed by atoms with Gasteiger partial charge in [-0.05, 0) is 29.2 Å². The van der Waals surface area contributed by atoms with E-state index >= 15 is 0 Å². The fraction of sp³-hybridized carbons (Fsp3) is 0.314. The molecule has 214 valence electrons. The topological polar surface area (TPSA) is 66.4 Å². The van der Waals surface area contributed by atoms with E-state index < -0.39 is 30.2 Å². The molecule has 6 nitrogen and oxygen atoms in total. The smallest absolute Gasteiger partial charge is 0.219 e. The largest absolute Gasteiger partial charge is 0.371 e. The predicted molar refractivity (Wildman–Crippen MR) is 157 cm³/mol. The van der Waals surface area contributed by atoms with Crippen molar-refractivity contribution in [3.05, 3.63) is 144 Å². The molecule has 1 aliphatic heterocycles. The molecular weight excluding hydrogens is 516 g/mol.